The van der Waals surface area contributed by atoms with Gasteiger partial charge in [0.05, 0.1) is 11.0 Å². The van der Waals surface area contributed by atoms with Crippen LogP contribution in [-0.2, 0) is 16.6 Å². The Morgan fingerprint density at radius 1 is 1.03 bits per heavy atom. The molecule has 0 fully saturated rings. The van der Waals surface area contributed by atoms with Gasteiger partial charge in [-0.2, -0.15) is 0 Å². The van der Waals surface area contributed by atoms with Gasteiger partial charge in [0.15, 0.2) is 5.76 Å². The van der Waals surface area contributed by atoms with Crippen molar-refractivity contribution >= 4 is 27.0 Å². The predicted octanol–water partition coefficient (Wildman–Crippen LogP) is 3.83. The SMILES string of the molecule is CC(C)(C)NS(=O)(=O)c1ccc(C(=O)NCc2ccc(-c3nc4ccccc4[nH]3)cc2)o1. The Kier molecular flexibility index (Phi) is 5.62. The fraction of sp³-hybridized carbons (Fsp3) is 0.217. The number of aromatic amines is 1. The van der Waals surface area contributed by atoms with Crippen LogP contribution in [0.15, 0.2) is 70.2 Å². The minimum absolute atomic E-state index is 0.0711. The van der Waals surface area contributed by atoms with Crippen molar-refractivity contribution in [3.8, 4) is 11.4 Å². The van der Waals surface area contributed by atoms with Gasteiger partial charge in [-0.25, -0.2) is 18.1 Å². The van der Waals surface area contributed by atoms with Crippen molar-refractivity contribution < 1.29 is 17.6 Å². The number of hydrogen-bond donors (Lipinski definition) is 3. The molecular weight excluding hydrogens is 428 g/mol. The number of fused-ring (bicyclic) bond motifs is 1. The number of aromatic nitrogens is 2. The number of hydrogen-bond acceptors (Lipinski definition) is 5. The molecule has 0 aliphatic carbocycles. The third-order valence-corrected chi connectivity index (χ3v) is 6.21. The molecule has 9 heteroatoms. The van der Waals surface area contributed by atoms with Gasteiger partial charge >= 0.3 is 0 Å². The fourth-order valence-electron chi connectivity index (χ4n) is 3.18. The summed E-state index contributed by atoms with van der Waals surface area (Å²) in [7, 11) is -3.84. The Balaban J connectivity index is 1.40. The van der Waals surface area contributed by atoms with Crippen LogP contribution in [-0.4, -0.2) is 29.8 Å². The van der Waals surface area contributed by atoms with E-state index in [1.165, 1.54) is 12.1 Å². The summed E-state index contributed by atoms with van der Waals surface area (Å²) in [4.78, 5) is 20.3. The summed E-state index contributed by atoms with van der Waals surface area (Å²) in [5.74, 6) is 0.205. The van der Waals surface area contributed by atoms with E-state index < -0.39 is 21.5 Å². The van der Waals surface area contributed by atoms with Gasteiger partial charge in [-0.1, -0.05) is 36.4 Å². The summed E-state index contributed by atoms with van der Waals surface area (Å²) in [5.41, 5.74) is 3.02. The van der Waals surface area contributed by atoms with E-state index >= 15 is 0 Å². The van der Waals surface area contributed by atoms with Gasteiger partial charge in [-0.15, -0.1) is 0 Å². The molecule has 4 rings (SSSR count). The average Bonchev–Trinajstić information content (AvgIpc) is 3.38. The van der Waals surface area contributed by atoms with Gasteiger partial charge in [0.25, 0.3) is 15.9 Å². The fourth-order valence-corrected chi connectivity index (χ4v) is 4.53. The maximum Gasteiger partial charge on any atom is 0.287 e. The largest absolute Gasteiger partial charge is 0.438 e. The van der Waals surface area contributed by atoms with Crippen LogP contribution in [0.2, 0.25) is 0 Å². The van der Waals surface area contributed by atoms with Crippen LogP contribution in [0.5, 0.6) is 0 Å². The van der Waals surface area contributed by atoms with Crippen molar-refractivity contribution in [3.05, 3.63) is 72.0 Å². The molecule has 0 radical (unpaired) electrons. The normalized spacial score (nSPS) is 12.2. The van der Waals surface area contributed by atoms with Crippen LogP contribution >= 0.6 is 0 Å². The van der Waals surface area contributed by atoms with Crippen molar-refractivity contribution in [3.63, 3.8) is 0 Å². The monoisotopic (exact) mass is 452 g/mol. The van der Waals surface area contributed by atoms with E-state index in [1.807, 2.05) is 48.5 Å². The topological polar surface area (TPSA) is 117 Å². The van der Waals surface area contributed by atoms with Crippen LogP contribution in [0, 0.1) is 0 Å². The number of carbonyl (C=O) groups excluding carboxylic acids is 1. The first-order chi connectivity index (χ1) is 15.1. The highest BCUT2D eigenvalue weighted by atomic mass is 32.2. The van der Waals surface area contributed by atoms with Gasteiger partial charge < -0.3 is 14.7 Å². The second kappa shape index (κ2) is 8.25. The number of H-pyrrole nitrogens is 1. The summed E-state index contributed by atoms with van der Waals surface area (Å²) < 4.78 is 32.4. The Hall–Kier alpha value is -3.43. The van der Waals surface area contributed by atoms with E-state index in [0.717, 1.165) is 28.0 Å². The third-order valence-electron chi connectivity index (χ3n) is 4.58. The highest BCUT2D eigenvalue weighted by Gasteiger charge is 2.26. The van der Waals surface area contributed by atoms with E-state index in [2.05, 4.69) is 20.0 Å². The first-order valence-electron chi connectivity index (χ1n) is 10.1. The lowest BCUT2D eigenvalue weighted by atomic mass is 10.1. The maximum absolute atomic E-state index is 12.4. The van der Waals surface area contributed by atoms with Crippen molar-refractivity contribution in [2.24, 2.45) is 0 Å². The number of benzene rings is 2. The number of furan rings is 1. The molecular formula is C23H24N4O4S. The minimum atomic E-state index is -3.84. The lowest BCUT2D eigenvalue weighted by molar-refractivity contribution is 0.0918. The van der Waals surface area contributed by atoms with Gasteiger partial charge in [-0.05, 0) is 50.6 Å². The van der Waals surface area contributed by atoms with E-state index in [9.17, 15) is 13.2 Å². The molecule has 0 aliphatic heterocycles. The molecule has 2 aromatic heterocycles. The van der Waals surface area contributed by atoms with Crippen molar-refractivity contribution in [2.45, 2.75) is 37.9 Å². The molecule has 32 heavy (non-hydrogen) atoms. The minimum Gasteiger partial charge on any atom is -0.438 e. The zero-order valence-electron chi connectivity index (χ0n) is 18.0. The van der Waals surface area contributed by atoms with Crippen molar-refractivity contribution in [2.75, 3.05) is 0 Å². The Labute approximate surface area is 186 Å². The second-order valence-corrected chi connectivity index (χ2v) is 10.1. The summed E-state index contributed by atoms with van der Waals surface area (Å²) in [6, 6.07) is 18.1. The molecule has 0 atom stereocenters. The second-order valence-electron chi connectivity index (χ2n) is 8.46. The molecule has 166 valence electrons. The molecule has 0 unspecified atom stereocenters. The number of imidazole rings is 1. The summed E-state index contributed by atoms with van der Waals surface area (Å²) >= 11 is 0. The molecule has 0 saturated carbocycles. The number of para-hydroxylation sites is 2. The number of sulfonamides is 1. The molecule has 0 bridgehead atoms. The summed E-state index contributed by atoms with van der Waals surface area (Å²) in [6.45, 7) is 5.43. The average molecular weight is 453 g/mol. The summed E-state index contributed by atoms with van der Waals surface area (Å²) in [6.07, 6.45) is 0. The standard InChI is InChI=1S/C23H24N4O4S/c1-23(2,3)27-32(29,30)20-13-12-19(31-20)22(28)24-14-15-8-10-16(11-9-15)21-25-17-6-4-5-7-18(17)26-21/h4-13,27H,14H2,1-3H3,(H,24,28)(H,25,26). The molecule has 1 amide bonds. The molecule has 2 aromatic carbocycles. The van der Waals surface area contributed by atoms with Crippen molar-refractivity contribution in [1.29, 1.82) is 0 Å². The lowest BCUT2D eigenvalue weighted by Crippen LogP contribution is -2.40. The van der Waals surface area contributed by atoms with Crippen LogP contribution in [0.4, 0.5) is 0 Å². The van der Waals surface area contributed by atoms with Crippen molar-refractivity contribution in [1.82, 2.24) is 20.0 Å². The highest BCUT2D eigenvalue weighted by Crippen LogP contribution is 2.21. The first kappa shape index (κ1) is 21.8. The number of rotatable bonds is 6. The van der Waals surface area contributed by atoms with E-state index in [0.29, 0.717) is 0 Å². The van der Waals surface area contributed by atoms with Crippen LogP contribution in [0.25, 0.3) is 22.4 Å². The molecule has 0 aliphatic rings. The van der Waals surface area contributed by atoms with Crippen LogP contribution in [0.3, 0.4) is 0 Å². The number of nitrogens with zero attached hydrogens (tertiary/aromatic N) is 1. The molecule has 8 nitrogen and oxygen atoms in total. The van der Waals surface area contributed by atoms with Gasteiger partial charge in [0.2, 0.25) is 5.09 Å². The zero-order valence-corrected chi connectivity index (χ0v) is 18.8. The quantitative estimate of drug-likeness (QED) is 0.411. The van der Waals surface area contributed by atoms with Crippen LogP contribution in [0.1, 0.15) is 36.9 Å². The Morgan fingerprint density at radius 2 is 1.75 bits per heavy atom. The summed E-state index contributed by atoms with van der Waals surface area (Å²) in [5, 5.41) is 2.44. The zero-order chi connectivity index (χ0) is 22.9. The number of amides is 1. The van der Waals surface area contributed by atoms with Gasteiger partial charge in [-0.3, -0.25) is 4.79 Å². The van der Waals surface area contributed by atoms with E-state index in [1.54, 1.807) is 20.8 Å². The molecule has 0 saturated heterocycles. The van der Waals surface area contributed by atoms with E-state index in [4.69, 9.17) is 4.42 Å². The smallest absolute Gasteiger partial charge is 0.287 e. The first-order valence-corrected chi connectivity index (χ1v) is 11.6. The molecule has 4 aromatic rings. The molecule has 2 heterocycles. The number of nitrogens with one attached hydrogen (secondary N) is 3. The Morgan fingerprint density at radius 3 is 2.44 bits per heavy atom. The highest BCUT2D eigenvalue weighted by molar-refractivity contribution is 7.89. The Bertz CT molecular complexity index is 1330. The van der Waals surface area contributed by atoms with Crippen LogP contribution < -0.4 is 10.0 Å². The van der Waals surface area contributed by atoms with Gasteiger partial charge in [0, 0.05) is 17.6 Å². The lowest BCUT2D eigenvalue weighted by Gasteiger charge is -2.18. The predicted molar refractivity (Wildman–Crippen MR) is 121 cm³/mol. The maximum atomic E-state index is 12.4. The van der Waals surface area contributed by atoms with Gasteiger partial charge in [0.1, 0.15) is 5.82 Å². The molecule has 0 spiro atoms. The number of carbonyl (C=O) groups is 1. The van der Waals surface area contributed by atoms with E-state index in [-0.39, 0.29) is 17.4 Å². The molecule has 3 N–H and O–H groups in total. The third kappa shape index (κ3) is 4.90.